The minimum Gasteiger partial charge on any atom is -0.497 e. The summed E-state index contributed by atoms with van der Waals surface area (Å²) in [5.74, 6) is 1.41. The van der Waals surface area contributed by atoms with Crippen LogP contribution in [0.4, 0.5) is 0 Å². The molecule has 1 aliphatic carbocycles. The van der Waals surface area contributed by atoms with Gasteiger partial charge in [-0.25, -0.2) is 0 Å². The number of nitrogens with one attached hydrogen (secondary N) is 2. The summed E-state index contributed by atoms with van der Waals surface area (Å²) in [6, 6.07) is 6.45. The van der Waals surface area contributed by atoms with Crippen LogP contribution in [-0.2, 0) is 0 Å². The van der Waals surface area contributed by atoms with E-state index in [1.54, 1.807) is 7.11 Å². The highest BCUT2D eigenvalue weighted by molar-refractivity contribution is 6.05. The van der Waals surface area contributed by atoms with Crippen molar-refractivity contribution in [1.29, 1.82) is 0 Å². The van der Waals surface area contributed by atoms with E-state index >= 15 is 0 Å². The van der Waals surface area contributed by atoms with Crippen LogP contribution in [0.15, 0.2) is 18.2 Å². The molecule has 2 saturated heterocycles. The summed E-state index contributed by atoms with van der Waals surface area (Å²) in [5.41, 5.74) is 1.32. The van der Waals surface area contributed by atoms with Gasteiger partial charge < -0.3 is 15.0 Å². The molecular weight excluding hydrogens is 424 g/mol. The first-order chi connectivity index (χ1) is 16.6. The van der Waals surface area contributed by atoms with Crippen molar-refractivity contribution in [2.45, 2.75) is 102 Å². The van der Waals surface area contributed by atoms with Gasteiger partial charge in [0.15, 0.2) is 5.69 Å². The van der Waals surface area contributed by atoms with E-state index in [0.717, 1.165) is 29.5 Å². The highest BCUT2D eigenvalue weighted by Gasteiger charge is 2.28. The van der Waals surface area contributed by atoms with E-state index in [9.17, 15) is 4.79 Å². The monoisotopic (exact) mass is 468 g/mol. The number of fused-ring (bicyclic) bond motifs is 15. The Morgan fingerprint density at radius 2 is 1.74 bits per heavy atom. The molecule has 1 saturated carbocycles. The molecule has 3 heterocycles. The van der Waals surface area contributed by atoms with Crippen molar-refractivity contribution >= 4 is 16.8 Å². The van der Waals surface area contributed by atoms with Gasteiger partial charge in [0.1, 0.15) is 5.75 Å². The van der Waals surface area contributed by atoms with Crippen molar-refractivity contribution < 1.29 is 9.53 Å². The molecule has 1 aromatic heterocycles. The molecule has 3 aliphatic rings. The molecule has 34 heavy (non-hydrogen) atoms. The van der Waals surface area contributed by atoms with Crippen molar-refractivity contribution in [2.24, 2.45) is 5.92 Å². The Kier molecular flexibility index (Phi) is 9.25. The van der Waals surface area contributed by atoms with Gasteiger partial charge in [-0.1, -0.05) is 64.2 Å². The van der Waals surface area contributed by atoms with Crippen LogP contribution in [0.3, 0.4) is 0 Å². The van der Waals surface area contributed by atoms with Gasteiger partial charge in [0.2, 0.25) is 0 Å². The Bertz CT molecular complexity index is 911. The van der Waals surface area contributed by atoms with E-state index in [-0.39, 0.29) is 11.9 Å². The Morgan fingerprint density at radius 1 is 1.00 bits per heavy atom. The summed E-state index contributed by atoms with van der Waals surface area (Å²) in [7, 11) is 3.94. The van der Waals surface area contributed by atoms with E-state index in [1.165, 1.54) is 83.6 Å². The number of H-pyrrole nitrogens is 1. The first-order valence-corrected chi connectivity index (χ1v) is 13.7. The lowest BCUT2D eigenvalue weighted by molar-refractivity contribution is 0.0900. The van der Waals surface area contributed by atoms with Gasteiger partial charge in [-0.2, -0.15) is 5.10 Å². The first kappa shape index (κ1) is 25.0. The Morgan fingerprint density at radius 3 is 2.53 bits per heavy atom. The minimum atomic E-state index is -0.0588. The number of aromatic amines is 1. The van der Waals surface area contributed by atoms with E-state index in [4.69, 9.17) is 4.74 Å². The van der Waals surface area contributed by atoms with Gasteiger partial charge in [-0.05, 0) is 57.3 Å². The minimum absolute atomic E-state index is 0.0588. The number of amides is 1. The molecule has 1 aromatic carbocycles. The molecule has 3 fully saturated rings. The third kappa shape index (κ3) is 6.74. The highest BCUT2D eigenvalue weighted by Crippen LogP contribution is 2.30. The molecule has 3 atom stereocenters. The lowest BCUT2D eigenvalue weighted by atomic mass is 9.82. The third-order valence-electron chi connectivity index (χ3n) is 8.14. The molecule has 1 amide bonds. The van der Waals surface area contributed by atoms with Crippen LogP contribution < -0.4 is 10.1 Å². The second-order valence-corrected chi connectivity index (χ2v) is 10.7. The van der Waals surface area contributed by atoms with Crippen LogP contribution in [0, 0.1) is 5.92 Å². The SMILES string of the molecule is COc1ccc2c(C(=O)NC3CC4CCCCCCCCCCN(C)C(CCC4)C3)n[nH]c2c1. The van der Waals surface area contributed by atoms with Crippen molar-refractivity contribution in [3.8, 4) is 5.75 Å². The zero-order valence-electron chi connectivity index (χ0n) is 21.3. The smallest absolute Gasteiger partial charge is 0.272 e. The maximum atomic E-state index is 13.4. The second kappa shape index (κ2) is 12.6. The van der Waals surface area contributed by atoms with E-state index < -0.39 is 0 Å². The zero-order chi connectivity index (χ0) is 23.8. The van der Waals surface area contributed by atoms with Gasteiger partial charge in [0.05, 0.1) is 12.6 Å². The summed E-state index contributed by atoms with van der Waals surface area (Å²) < 4.78 is 5.31. The number of nitrogens with zero attached hydrogens (tertiary/aromatic N) is 2. The predicted octanol–water partition coefficient (Wildman–Crippen LogP) is 6.08. The van der Waals surface area contributed by atoms with E-state index in [0.29, 0.717) is 17.7 Å². The molecule has 2 bridgehead atoms. The number of hydrogen-bond donors (Lipinski definition) is 2. The fourth-order valence-electron chi connectivity index (χ4n) is 6.08. The summed E-state index contributed by atoms with van der Waals surface area (Å²) in [4.78, 5) is 15.9. The normalized spacial score (nSPS) is 26.2. The fourth-order valence-corrected chi connectivity index (χ4v) is 6.08. The lowest BCUT2D eigenvalue weighted by Gasteiger charge is -2.36. The van der Waals surface area contributed by atoms with Gasteiger partial charge >= 0.3 is 0 Å². The van der Waals surface area contributed by atoms with Crippen LogP contribution >= 0.6 is 0 Å². The summed E-state index contributed by atoms with van der Waals surface area (Å²) in [6.45, 7) is 1.17. The molecule has 6 nitrogen and oxygen atoms in total. The van der Waals surface area contributed by atoms with Crippen LogP contribution in [0.25, 0.3) is 10.9 Å². The summed E-state index contributed by atoms with van der Waals surface area (Å²) in [5, 5.41) is 11.6. The number of hydrogen-bond acceptors (Lipinski definition) is 4. The van der Waals surface area contributed by atoms with Crippen LogP contribution in [-0.4, -0.2) is 53.8 Å². The number of carbonyl (C=O) groups excluding carboxylic acids is 1. The average molecular weight is 469 g/mol. The van der Waals surface area contributed by atoms with Crippen molar-refractivity contribution in [2.75, 3.05) is 20.7 Å². The third-order valence-corrected chi connectivity index (χ3v) is 8.14. The molecule has 6 heteroatoms. The number of rotatable bonds is 3. The van der Waals surface area contributed by atoms with Crippen molar-refractivity contribution in [3.05, 3.63) is 23.9 Å². The molecule has 3 unspecified atom stereocenters. The molecule has 188 valence electrons. The van der Waals surface area contributed by atoms with Gasteiger partial charge in [0.25, 0.3) is 5.91 Å². The standard InChI is InChI=1S/C28H44N4O2/c1-32-17-10-8-6-4-3-5-7-9-12-21-13-11-14-23(32)19-22(18-21)29-28(33)27-25-16-15-24(34-2)20-26(25)30-31-27/h15-16,20-23H,3-14,17-19H2,1-2H3,(H,29,33)(H,30,31). The van der Waals surface area contributed by atoms with E-state index in [1.807, 2.05) is 18.2 Å². The zero-order valence-corrected chi connectivity index (χ0v) is 21.3. The van der Waals surface area contributed by atoms with Gasteiger partial charge in [-0.15, -0.1) is 0 Å². The van der Waals surface area contributed by atoms with Gasteiger partial charge in [0, 0.05) is 23.5 Å². The maximum Gasteiger partial charge on any atom is 0.272 e. The van der Waals surface area contributed by atoms with E-state index in [2.05, 4.69) is 27.5 Å². The first-order valence-electron chi connectivity index (χ1n) is 13.7. The van der Waals surface area contributed by atoms with Gasteiger partial charge in [-0.3, -0.25) is 9.89 Å². The summed E-state index contributed by atoms with van der Waals surface area (Å²) in [6.07, 6.45) is 18.2. The molecule has 5 rings (SSSR count). The molecular formula is C28H44N4O2. The Labute approximate surface area is 205 Å². The number of carbonyl (C=O) groups is 1. The molecule has 0 radical (unpaired) electrons. The van der Waals surface area contributed by atoms with Crippen LogP contribution in [0.5, 0.6) is 5.75 Å². The topological polar surface area (TPSA) is 70.2 Å². The van der Waals surface area contributed by atoms with Crippen LogP contribution in [0.2, 0.25) is 0 Å². The lowest BCUT2D eigenvalue weighted by Crippen LogP contribution is -2.44. The largest absolute Gasteiger partial charge is 0.497 e. The number of benzene rings is 1. The second-order valence-electron chi connectivity index (χ2n) is 10.7. The fraction of sp³-hybridized carbons (Fsp3) is 0.714. The molecule has 2 N–H and O–H groups in total. The molecule has 2 aromatic rings. The number of aromatic nitrogens is 2. The Balaban J connectivity index is 1.48. The maximum absolute atomic E-state index is 13.4. The van der Waals surface area contributed by atoms with Crippen molar-refractivity contribution in [1.82, 2.24) is 20.4 Å². The molecule has 0 spiro atoms. The Hall–Kier alpha value is -2.08. The average Bonchev–Trinajstić information content (AvgIpc) is 3.25. The summed E-state index contributed by atoms with van der Waals surface area (Å²) >= 11 is 0. The highest BCUT2D eigenvalue weighted by atomic mass is 16.5. The molecule has 2 aliphatic heterocycles. The number of ether oxygens (including phenoxy) is 1. The van der Waals surface area contributed by atoms with Crippen molar-refractivity contribution in [3.63, 3.8) is 0 Å². The predicted molar refractivity (Wildman–Crippen MR) is 138 cm³/mol. The van der Waals surface area contributed by atoms with Crippen LogP contribution in [0.1, 0.15) is 100 Å². The number of methoxy groups -OCH3 is 1. The quantitative estimate of drug-likeness (QED) is 0.573.